The zero-order valence-electron chi connectivity index (χ0n) is 14.5. The van der Waals surface area contributed by atoms with E-state index in [1.165, 1.54) is 18.9 Å². The molecule has 26 heavy (non-hydrogen) atoms. The number of fused-ring (bicyclic) bond motifs is 1. The highest BCUT2D eigenvalue weighted by Gasteiger charge is 2.42. The molecule has 0 aromatic heterocycles. The van der Waals surface area contributed by atoms with Crippen LogP contribution in [0.5, 0.6) is 0 Å². The van der Waals surface area contributed by atoms with E-state index in [-0.39, 0.29) is 12.5 Å². The number of thioether (sulfide) groups is 1. The minimum atomic E-state index is -0.647. The average Bonchev–Trinajstić information content (AvgIpc) is 2.61. The van der Waals surface area contributed by atoms with Crippen molar-refractivity contribution in [3.8, 4) is 0 Å². The zero-order valence-corrected chi connectivity index (χ0v) is 16.1. The number of halogens is 1. The Balaban J connectivity index is 2.07. The molecule has 0 radical (unpaired) electrons. The van der Waals surface area contributed by atoms with Crippen LogP contribution in [0.1, 0.15) is 24.9 Å². The maximum absolute atomic E-state index is 12.8. The van der Waals surface area contributed by atoms with Crippen LogP contribution in [0.2, 0.25) is 5.02 Å². The van der Waals surface area contributed by atoms with Gasteiger partial charge in [0.15, 0.2) is 5.17 Å². The van der Waals surface area contributed by atoms with Crippen molar-refractivity contribution in [3.05, 3.63) is 46.1 Å². The number of esters is 1. The zero-order chi connectivity index (χ0) is 18.7. The van der Waals surface area contributed by atoms with E-state index in [1.807, 2.05) is 18.2 Å². The molecule has 1 amide bonds. The van der Waals surface area contributed by atoms with Crippen LogP contribution >= 0.6 is 23.4 Å². The van der Waals surface area contributed by atoms with E-state index in [1.54, 1.807) is 17.9 Å². The van der Waals surface area contributed by atoms with Crippen molar-refractivity contribution in [2.24, 2.45) is 4.99 Å². The van der Waals surface area contributed by atoms with Crippen molar-refractivity contribution in [2.45, 2.75) is 19.4 Å². The lowest BCUT2D eigenvalue weighted by Gasteiger charge is -2.39. The highest BCUT2D eigenvalue weighted by Crippen LogP contribution is 2.42. The van der Waals surface area contributed by atoms with Crippen LogP contribution in [0.15, 0.2) is 40.5 Å². The van der Waals surface area contributed by atoms with Crippen molar-refractivity contribution in [1.82, 2.24) is 4.90 Å². The van der Waals surface area contributed by atoms with Crippen molar-refractivity contribution in [1.29, 1.82) is 0 Å². The summed E-state index contributed by atoms with van der Waals surface area (Å²) in [5.41, 5.74) is 1.54. The van der Waals surface area contributed by atoms with E-state index in [2.05, 4.69) is 4.99 Å². The van der Waals surface area contributed by atoms with Gasteiger partial charge in [0.1, 0.15) is 6.61 Å². The molecule has 1 aromatic rings. The minimum absolute atomic E-state index is 0.0814. The molecule has 1 aromatic carbocycles. The second-order valence-electron chi connectivity index (χ2n) is 5.81. The fourth-order valence-electron chi connectivity index (χ4n) is 2.94. The molecular formula is C18H19ClN2O4S. The Morgan fingerprint density at radius 3 is 2.88 bits per heavy atom. The van der Waals surface area contributed by atoms with Crippen molar-refractivity contribution in [2.75, 3.05) is 26.1 Å². The number of hydrogen-bond donors (Lipinski definition) is 0. The Hall–Kier alpha value is -1.83. The van der Waals surface area contributed by atoms with E-state index < -0.39 is 12.0 Å². The van der Waals surface area contributed by atoms with Gasteiger partial charge in [-0.2, -0.15) is 0 Å². The average molecular weight is 395 g/mol. The second kappa shape index (κ2) is 8.24. The summed E-state index contributed by atoms with van der Waals surface area (Å²) >= 11 is 7.90. The molecule has 3 rings (SSSR count). The molecule has 2 heterocycles. The molecule has 1 unspecified atom stereocenters. The van der Waals surface area contributed by atoms with Gasteiger partial charge < -0.3 is 9.47 Å². The van der Waals surface area contributed by atoms with Gasteiger partial charge in [0.2, 0.25) is 5.91 Å². The first-order valence-electron chi connectivity index (χ1n) is 8.19. The molecule has 0 aliphatic carbocycles. The van der Waals surface area contributed by atoms with Crippen LogP contribution in [0.4, 0.5) is 0 Å². The molecule has 2 aliphatic heterocycles. The second-order valence-corrected chi connectivity index (χ2v) is 7.28. The molecule has 0 N–H and O–H groups in total. The Morgan fingerprint density at radius 2 is 2.15 bits per heavy atom. The van der Waals surface area contributed by atoms with Gasteiger partial charge in [0.25, 0.3) is 0 Å². The highest BCUT2D eigenvalue weighted by molar-refractivity contribution is 8.14. The molecule has 8 heteroatoms. The van der Waals surface area contributed by atoms with Crippen LogP contribution in [0, 0.1) is 0 Å². The first-order valence-corrected chi connectivity index (χ1v) is 9.55. The summed E-state index contributed by atoms with van der Waals surface area (Å²) in [5.74, 6) is 0.0716. The Labute approximate surface area is 161 Å². The third-order valence-corrected chi connectivity index (χ3v) is 5.45. The number of hydrogen-bond acceptors (Lipinski definition) is 6. The first kappa shape index (κ1) is 18.9. The lowest BCUT2D eigenvalue weighted by molar-refractivity contribution is -0.141. The summed E-state index contributed by atoms with van der Waals surface area (Å²) in [6, 6.07) is 6.55. The number of amidine groups is 1. The third kappa shape index (κ3) is 3.65. The van der Waals surface area contributed by atoms with Gasteiger partial charge in [0.05, 0.1) is 23.9 Å². The number of rotatable bonds is 5. The van der Waals surface area contributed by atoms with E-state index in [0.717, 1.165) is 0 Å². The number of ether oxygens (including phenoxy) is 2. The van der Waals surface area contributed by atoms with Crippen LogP contribution in [0.3, 0.4) is 0 Å². The number of aliphatic imine (C=N–C) groups is 1. The maximum atomic E-state index is 12.8. The standard InChI is InChI=1S/C18H19ClN2O4S/c1-11-15(17(23)25-9-8-24-2)16(12-5-3-4-6-13(12)19)21-14(22)7-10-26-18(21)20-11/h3-6,16H,7-10H2,1-2H3. The number of carbonyl (C=O) groups excluding carboxylic acids is 2. The molecule has 6 nitrogen and oxygen atoms in total. The molecule has 0 saturated carbocycles. The molecule has 1 saturated heterocycles. The summed E-state index contributed by atoms with van der Waals surface area (Å²) in [7, 11) is 1.53. The van der Waals surface area contributed by atoms with Gasteiger partial charge in [-0.15, -0.1) is 0 Å². The summed E-state index contributed by atoms with van der Waals surface area (Å²) in [6.45, 7) is 2.17. The van der Waals surface area contributed by atoms with Gasteiger partial charge in [-0.3, -0.25) is 9.69 Å². The van der Waals surface area contributed by atoms with E-state index >= 15 is 0 Å². The minimum Gasteiger partial charge on any atom is -0.460 e. The predicted molar refractivity (Wildman–Crippen MR) is 101 cm³/mol. The molecule has 1 atom stereocenters. The number of carbonyl (C=O) groups is 2. The summed E-state index contributed by atoms with van der Waals surface area (Å²) in [6.07, 6.45) is 0.385. The van der Waals surface area contributed by atoms with Crippen molar-refractivity contribution < 1.29 is 19.1 Å². The predicted octanol–water partition coefficient (Wildman–Crippen LogP) is 3.18. The number of methoxy groups -OCH3 is 1. The van der Waals surface area contributed by atoms with Crippen molar-refractivity contribution in [3.63, 3.8) is 0 Å². The van der Waals surface area contributed by atoms with Gasteiger partial charge in [-0.1, -0.05) is 41.6 Å². The molecule has 0 spiro atoms. The van der Waals surface area contributed by atoms with Crippen LogP contribution in [-0.2, 0) is 19.1 Å². The molecular weight excluding hydrogens is 376 g/mol. The summed E-state index contributed by atoms with van der Waals surface area (Å²) < 4.78 is 10.3. The lowest BCUT2D eigenvalue weighted by Crippen LogP contribution is -2.46. The maximum Gasteiger partial charge on any atom is 0.338 e. The fraction of sp³-hybridized carbons (Fsp3) is 0.389. The van der Waals surface area contributed by atoms with Crippen LogP contribution in [-0.4, -0.2) is 48.0 Å². The Kier molecular flexibility index (Phi) is 6.01. The van der Waals surface area contributed by atoms with Gasteiger partial charge in [-0.25, -0.2) is 9.79 Å². The van der Waals surface area contributed by atoms with Crippen LogP contribution < -0.4 is 0 Å². The number of nitrogens with zero attached hydrogens (tertiary/aromatic N) is 2. The number of allylic oxidation sites excluding steroid dienone is 1. The SMILES string of the molecule is COCCOC(=O)C1=C(C)N=C2SCCC(=O)N2C1c1ccccc1Cl. The Bertz CT molecular complexity index is 793. The van der Waals surface area contributed by atoms with E-state index in [0.29, 0.717) is 45.8 Å². The normalized spacial score (nSPS) is 20.0. The summed E-state index contributed by atoms with van der Waals surface area (Å²) in [4.78, 5) is 31.5. The molecule has 2 aliphatic rings. The lowest BCUT2D eigenvalue weighted by atomic mass is 9.94. The monoisotopic (exact) mass is 394 g/mol. The highest BCUT2D eigenvalue weighted by atomic mass is 35.5. The number of amides is 1. The quantitative estimate of drug-likeness (QED) is 0.566. The summed E-state index contributed by atoms with van der Waals surface area (Å²) in [5, 5.41) is 1.08. The molecule has 138 valence electrons. The van der Waals surface area contributed by atoms with Crippen LogP contribution in [0.25, 0.3) is 0 Å². The third-order valence-electron chi connectivity index (χ3n) is 4.15. The van der Waals surface area contributed by atoms with E-state index in [9.17, 15) is 9.59 Å². The topological polar surface area (TPSA) is 68.2 Å². The van der Waals surface area contributed by atoms with E-state index in [4.69, 9.17) is 21.1 Å². The largest absolute Gasteiger partial charge is 0.460 e. The first-order chi connectivity index (χ1) is 12.5. The number of benzene rings is 1. The van der Waals surface area contributed by atoms with Gasteiger partial charge >= 0.3 is 5.97 Å². The Morgan fingerprint density at radius 1 is 1.38 bits per heavy atom. The molecule has 1 fully saturated rings. The van der Waals surface area contributed by atoms with Gasteiger partial charge in [0, 0.05) is 24.3 Å². The van der Waals surface area contributed by atoms with Gasteiger partial charge in [-0.05, 0) is 18.6 Å². The fourth-order valence-corrected chi connectivity index (χ4v) is 4.19. The van der Waals surface area contributed by atoms with Crippen molar-refractivity contribution >= 4 is 40.4 Å². The smallest absolute Gasteiger partial charge is 0.338 e. The molecule has 0 bridgehead atoms.